The van der Waals surface area contributed by atoms with Crippen LogP contribution in [0.2, 0.25) is 0 Å². The zero-order valence-electron chi connectivity index (χ0n) is 11.4. The average molecular weight is 277 g/mol. The molecule has 2 atom stereocenters. The first-order valence-corrected chi connectivity index (χ1v) is 6.15. The molecular formula is C13H15N3O4. The number of benzene rings is 1. The van der Waals surface area contributed by atoms with Crippen LogP contribution in [0.5, 0.6) is 0 Å². The lowest BCUT2D eigenvalue weighted by Crippen LogP contribution is -2.23. The van der Waals surface area contributed by atoms with Crippen LogP contribution in [0.15, 0.2) is 24.4 Å². The van der Waals surface area contributed by atoms with Crippen LogP contribution in [-0.4, -0.2) is 27.8 Å². The summed E-state index contributed by atoms with van der Waals surface area (Å²) in [4.78, 5) is 22.0. The number of methoxy groups -OCH3 is 1. The van der Waals surface area contributed by atoms with Gasteiger partial charge in [-0.2, -0.15) is 5.10 Å². The highest BCUT2D eigenvalue weighted by atomic mass is 16.6. The number of rotatable bonds is 4. The molecule has 2 aromatic rings. The summed E-state index contributed by atoms with van der Waals surface area (Å²) in [5.74, 6) is -0.742. The second-order valence-electron chi connectivity index (χ2n) is 4.64. The average Bonchev–Trinajstić information content (AvgIpc) is 2.87. The minimum absolute atomic E-state index is 0.00262. The Bertz CT molecular complexity index is 665. The predicted octanol–water partition coefficient (Wildman–Crippen LogP) is 2.31. The summed E-state index contributed by atoms with van der Waals surface area (Å²) in [5.41, 5.74) is 0.625. The predicted molar refractivity (Wildman–Crippen MR) is 72.3 cm³/mol. The Labute approximate surface area is 115 Å². The summed E-state index contributed by atoms with van der Waals surface area (Å²) in [7, 11) is 1.33. The van der Waals surface area contributed by atoms with Gasteiger partial charge >= 0.3 is 5.97 Å². The van der Waals surface area contributed by atoms with Crippen LogP contribution in [0.1, 0.15) is 19.9 Å². The van der Waals surface area contributed by atoms with E-state index in [1.807, 2.05) is 6.92 Å². The third-order valence-corrected chi connectivity index (χ3v) is 3.48. The van der Waals surface area contributed by atoms with Gasteiger partial charge in [0, 0.05) is 17.5 Å². The Balaban J connectivity index is 2.46. The van der Waals surface area contributed by atoms with Crippen molar-refractivity contribution in [2.75, 3.05) is 7.11 Å². The van der Waals surface area contributed by atoms with Crippen molar-refractivity contribution in [3.8, 4) is 0 Å². The molecule has 0 amide bonds. The van der Waals surface area contributed by atoms with Crippen LogP contribution in [0.25, 0.3) is 10.9 Å². The second kappa shape index (κ2) is 5.28. The van der Waals surface area contributed by atoms with Gasteiger partial charge in [0.25, 0.3) is 5.69 Å². The van der Waals surface area contributed by atoms with Crippen LogP contribution >= 0.6 is 0 Å². The van der Waals surface area contributed by atoms with Crippen molar-refractivity contribution >= 4 is 22.6 Å². The maximum absolute atomic E-state index is 11.6. The monoisotopic (exact) mass is 277 g/mol. The van der Waals surface area contributed by atoms with Gasteiger partial charge in [-0.25, -0.2) is 0 Å². The molecule has 0 N–H and O–H groups in total. The van der Waals surface area contributed by atoms with Crippen molar-refractivity contribution in [1.29, 1.82) is 0 Å². The van der Waals surface area contributed by atoms with Crippen molar-refractivity contribution in [2.24, 2.45) is 5.92 Å². The number of aromatic nitrogens is 2. The van der Waals surface area contributed by atoms with Gasteiger partial charge in [-0.3, -0.25) is 19.6 Å². The Morgan fingerprint density at radius 2 is 2.15 bits per heavy atom. The number of carbonyl (C=O) groups excluding carboxylic acids is 1. The molecule has 0 aliphatic carbocycles. The molecule has 0 aliphatic rings. The first kappa shape index (κ1) is 14.0. The van der Waals surface area contributed by atoms with E-state index in [0.29, 0.717) is 5.52 Å². The standard InChI is InChI=1S/C13H15N3O4/c1-8(13(17)20-3)9(2)15-12-6-11(16(18)19)5-4-10(12)7-14-15/h4-9H,1-3H3. The van der Waals surface area contributed by atoms with Gasteiger partial charge in [0.1, 0.15) is 0 Å². The molecule has 1 aromatic heterocycles. The van der Waals surface area contributed by atoms with E-state index in [9.17, 15) is 14.9 Å². The smallest absolute Gasteiger partial charge is 0.310 e. The number of non-ortho nitro benzene ring substituents is 1. The molecule has 0 fully saturated rings. The second-order valence-corrected chi connectivity index (χ2v) is 4.64. The molecule has 0 saturated heterocycles. The summed E-state index contributed by atoms with van der Waals surface area (Å²) in [5, 5.41) is 15.8. The number of nitro groups is 1. The molecule has 2 unspecified atom stereocenters. The first-order chi connectivity index (χ1) is 9.45. The van der Waals surface area contributed by atoms with E-state index in [4.69, 9.17) is 4.74 Å². The van der Waals surface area contributed by atoms with E-state index in [-0.39, 0.29) is 17.7 Å². The molecule has 1 aromatic carbocycles. The highest BCUT2D eigenvalue weighted by Gasteiger charge is 2.24. The molecule has 20 heavy (non-hydrogen) atoms. The molecule has 2 rings (SSSR count). The Morgan fingerprint density at radius 3 is 2.75 bits per heavy atom. The number of hydrogen-bond donors (Lipinski definition) is 0. The topological polar surface area (TPSA) is 87.3 Å². The Kier molecular flexibility index (Phi) is 3.69. The minimum atomic E-state index is -0.453. The maximum Gasteiger partial charge on any atom is 0.310 e. The number of nitrogens with zero attached hydrogens (tertiary/aromatic N) is 3. The number of esters is 1. The first-order valence-electron chi connectivity index (χ1n) is 6.15. The summed E-state index contributed by atoms with van der Waals surface area (Å²) in [6.07, 6.45) is 1.62. The zero-order chi connectivity index (χ0) is 14.9. The van der Waals surface area contributed by atoms with Crippen LogP contribution in [-0.2, 0) is 9.53 Å². The number of nitro benzene ring substituents is 1. The van der Waals surface area contributed by atoms with Gasteiger partial charge < -0.3 is 4.74 Å². The van der Waals surface area contributed by atoms with E-state index in [2.05, 4.69) is 5.10 Å². The minimum Gasteiger partial charge on any atom is -0.469 e. The van der Waals surface area contributed by atoms with Crippen molar-refractivity contribution in [3.05, 3.63) is 34.5 Å². The van der Waals surface area contributed by atoms with E-state index >= 15 is 0 Å². The fraction of sp³-hybridized carbons (Fsp3) is 0.385. The number of fused-ring (bicyclic) bond motifs is 1. The lowest BCUT2D eigenvalue weighted by Gasteiger charge is -2.19. The van der Waals surface area contributed by atoms with Crippen molar-refractivity contribution in [2.45, 2.75) is 19.9 Å². The van der Waals surface area contributed by atoms with Crippen molar-refractivity contribution < 1.29 is 14.5 Å². The molecule has 7 nitrogen and oxygen atoms in total. The Hall–Kier alpha value is -2.44. The highest BCUT2D eigenvalue weighted by molar-refractivity contribution is 5.81. The van der Waals surface area contributed by atoms with E-state index in [1.54, 1.807) is 23.9 Å². The molecule has 0 bridgehead atoms. The lowest BCUT2D eigenvalue weighted by atomic mass is 10.0. The Morgan fingerprint density at radius 1 is 1.45 bits per heavy atom. The molecular weight excluding hydrogens is 262 g/mol. The van der Waals surface area contributed by atoms with Gasteiger partial charge in [-0.1, -0.05) is 0 Å². The summed E-state index contributed by atoms with van der Waals surface area (Å²) in [6.45, 7) is 3.56. The fourth-order valence-electron chi connectivity index (χ4n) is 2.06. The molecule has 7 heteroatoms. The summed E-state index contributed by atoms with van der Waals surface area (Å²) < 4.78 is 6.33. The molecule has 1 heterocycles. The van der Waals surface area contributed by atoms with Crippen LogP contribution in [0.3, 0.4) is 0 Å². The van der Waals surface area contributed by atoms with Crippen LogP contribution in [0.4, 0.5) is 5.69 Å². The van der Waals surface area contributed by atoms with E-state index < -0.39 is 10.8 Å². The molecule has 106 valence electrons. The summed E-state index contributed by atoms with van der Waals surface area (Å²) in [6, 6.07) is 4.28. The van der Waals surface area contributed by atoms with Crippen molar-refractivity contribution in [1.82, 2.24) is 9.78 Å². The van der Waals surface area contributed by atoms with Gasteiger partial charge in [0.15, 0.2) is 0 Å². The van der Waals surface area contributed by atoms with Gasteiger partial charge in [-0.05, 0) is 19.9 Å². The van der Waals surface area contributed by atoms with E-state index in [0.717, 1.165) is 5.39 Å². The maximum atomic E-state index is 11.6. The lowest BCUT2D eigenvalue weighted by molar-refractivity contribution is -0.384. The zero-order valence-corrected chi connectivity index (χ0v) is 11.4. The third-order valence-electron chi connectivity index (χ3n) is 3.48. The number of ether oxygens (including phenoxy) is 1. The SMILES string of the molecule is COC(=O)C(C)C(C)n1ncc2ccc([N+](=O)[O-])cc21. The molecule has 0 radical (unpaired) electrons. The van der Waals surface area contributed by atoms with Crippen LogP contribution in [0, 0.1) is 16.0 Å². The fourth-order valence-corrected chi connectivity index (χ4v) is 2.06. The van der Waals surface area contributed by atoms with Gasteiger partial charge in [0.2, 0.25) is 0 Å². The third kappa shape index (κ3) is 2.34. The van der Waals surface area contributed by atoms with E-state index in [1.165, 1.54) is 19.2 Å². The van der Waals surface area contributed by atoms with Gasteiger partial charge in [0.05, 0.1) is 35.7 Å². The largest absolute Gasteiger partial charge is 0.469 e. The number of hydrogen-bond acceptors (Lipinski definition) is 5. The highest BCUT2D eigenvalue weighted by Crippen LogP contribution is 2.26. The number of carbonyl (C=O) groups is 1. The quantitative estimate of drug-likeness (QED) is 0.486. The normalized spacial score (nSPS) is 13.9. The van der Waals surface area contributed by atoms with Gasteiger partial charge in [-0.15, -0.1) is 0 Å². The molecule has 0 spiro atoms. The van der Waals surface area contributed by atoms with Crippen LogP contribution < -0.4 is 0 Å². The molecule has 0 aliphatic heterocycles. The van der Waals surface area contributed by atoms with Crippen molar-refractivity contribution in [3.63, 3.8) is 0 Å². The summed E-state index contributed by atoms with van der Waals surface area (Å²) >= 11 is 0. The molecule has 0 saturated carbocycles.